The Kier molecular flexibility index (Phi) is 11.8. The van der Waals surface area contributed by atoms with Crippen molar-refractivity contribution in [1.82, 2.24) is 15.6 Å². The molecular formula is C19H18CuF3N7S2. The van der Waals surface area contributed by atoms with Crippen LogP contribution in [0.25, 0.3) is 0 Å². The summed E-state index contributed by atoms with van der Waals surface area (Å²) in [4.78, 5) is 4.08. The summed E-state index contributed by atoms with van der Waals surface area (Å²) in [7, 11) is 0. The molecule has 0 aliphatic rings. The second kappa shape index (κ2) is 13.7. The zero-order valence-electron chi connectivity index (χ0n) is 16.6. The number of benzene rings is 1. The zero-order valence-corrected chi connectivity index (χ0v) is 19.2. The Morgan fingerprint density at radius 2 is 1.44 bits per heavy atom. The van der Waals surface area contributed by atoms with Gasteiger partial charge >= 0.3 is 23.2 Å². The van der Waals surface area contributed by atoms with Gasteiger partial charge in [-0.25, -0.2) is 0 Å². The minimum absolute atomic E-state index is 0. The van der Waals surface area contributed by atoms with E-state index in [1.165, 1.54) is 0 Å². The van der Waals surface area contributed by atoms with Crippen molar-refractivity contribution in [2.24, 2.45) is 20.4 Å². The van der Waals surface area contributed by atoms with Crippen molar-refractivity contribution in [3.05, 3.63) is 66.0 Å². The van der Waals surface area contributed by atoms with Gasteiger partial charge in [-0.1, -0.05) is 30.3 Å². The molecule has 0 amide bonds. The van der Waals surface area contributed by atoms with E-state index in [2.05, 4.69) is 30.7 Å². The summed E-state index contributed by atoms with van der Waals surface area (Å²) in [6.07, 6.45) is -1.31. The molecule has 1 heterocycles. The fourth-order valence-corrected chi connectivity index (χ4v) is 2.47. The van der Waals surface area contributed by atoms with E-state index in [1.807, 2.05) is 12.2 Å². The third kappa shape index (κ3) is 9.69. The maximum atomic E-state index is 12.4. The van der Waals surface area contributed by atoms with Crippen LogP contribution < -0.4 is 10.6 Å². The second-order valence-corrected chi connectivity index (χ2v) is 6.59. The molecule has 0 spiro atoms. The second-order valence-electron chi connectivity index (χ2n) is 5.81. The molecule has 0 unspecified atom stereocenters. The molecule has 2 N–H and O–H groups in total. The van der Waals surface area contributed by atoms with Gasteiger partial charge in [-0.15, -0.1) is 10.2 Å². The molecule has 2 aromatic rings. The molecule has 7 nitrogen and oxygen atoms in total. The Hall–Kier alpha value is -2.60. The predicted molar refractivity (Wildman–Crippen MR) is 121 cm³/mol. The van der Waals surface area contributed by atoms with Gasteiger partial charge in [0.2, 0.25) is 0 Å². The Labute approximate surface area is 205 Å². The molecule has 1 aromatic heterocycles. The van der Waals surface area contributed by atoms with Crippen LogP contribution in [-0.4, -0.2) is 46.0 Å². The van der Waals surface area contributed by atoms with E-state index in [0.717, 1.165) is 0 Å². The van der Waals surface area contributed by atoms with Gasteiger partial charge in [0.15, 0.2) is 0 Å². The summed E-state index contributed by atoms with van der Waals surface area (Å²) in [5, 5.41) is 20.6. The van der Waals surface area contributed by atoms with Crippen LogP contribution in [0.3, 0.4) is 0 Å². The SMILES string of the molecule is CCNC([S-])=NN=C(C(=NN=C([S-])NCC(F)(F)F)c1ccccc1)c1cccnc1.[Cu+2]. The Morgan fingerprint density at radius 1 is 0.875 bits per heavy atom. The number of nitrogens with zero attached hydrogens (tertiary/aromatic N) is 5. The summed E-state index contributed by atoms with van der Waals surface area (Å²) < 4.78 is 37.2. The number of pyridine rings is 1. The summed E-state index contributed by atoms with van der Waals surface area (Å²) in [6.45, 7) is 1.10. The first-order valence-corrected chi connectivity index (χ1v) is 9.77. The number of aromatic nitrogens is 1. The van der Waals surface area contributed by atoms with Crippen LogP contribution >= 0.6 is 0 Å². The van der Waals surface area contributed by atoms with E-state index < -0.39 is 17.9 Å². The predicted octanol–water partition coefficient (Wildman–Crippen LogP) is 2.75. The number of halogens is 3. The molecule has 32 heavy (non-hydrogen) atoms. The number of hydrogen-bond donors (Lipinski definition) is 2. The summed E-state index contributed by atoms with van der Waals surface area (Å²) >= 11 is 9.94. The van der Waals surface area contributed by atoms with Crippen molar-refractivity contribution in [3.63, 3.8) is 0 Å². The van der Waals surface area contributed by atoms with Crippen molar-refractivity contribution in [1.29, 1.82) is 0 Å². The largest absolute Gasteiger partial charge is 2.00 e. The smallest absolute Gasteiger partial charge is 0.741 e. The number of rotatable bonds is 7. The van der Waals surface area contributed by atoms with Crippen LogP contribution in [0, 0.1) is 0 Å². The van der Waals surface area contributed by atoms with E-state index >= 15 is 0 Å². The minimum Gasteiger partial charge on any atom is -0.741 e. The van der Waals surface area contributed by atoms with Crippen LogP contribution in [0.2, 0.25) is 0 Å². The molecule has 0 saturated carbocycles. The van der Waals surface area contributed by atoms with Crippen molar-refractivity contribution in [2.45, 2.75) is 13.1 Å². The third-order valence-corrected chi connectivity index (χ3v) is 3.91. The zero-order chi connectivity index (χ0) is 22.7. The van der Waals surface area contributed by atoms with Gasteiger partial charge in [0.1, 0.15) is 18.0 Å². The summed E-state index contributed by atoms with van der Waals surface area (Å²) in [6, 6.07) is 12.3. The van der Waals surface area contributed by atoms with Gasteiger partial charge < -0.3 is 35.9 Å². The van der Waals surface area contributed by atoms with Gasteiger partial charge in [0.05, 0.1) is 0 Å². The van der Waals surface area contributed by atoms with Crippen molar-refractivity contribution < 1.29 is 30.2 Å². The average molecular weight is 529 g/mol. The molecule has 2 rings (SSSR count). The van der Waals surface area contributed by atoms with E-state index in [4.69, 9.17) is 25.3 Å². The van der Waals surface area contributed by atoms with Crippen molar-refractivity contribution in [3.8, 4) is 0 Å². The number of nitrogens with one attached hydrogen (secondary N) is 2. The molecule has 0 aliphatic carbocycles. The standard InChI is InChI=1S/C19H20F3N7S2.Cu/c1-2-24-17(30)28-27-16(14-9-6-10-23-11-14)15(13-7-4-3-5-8-13)26-29-18(31)25-12-19(20,21)22;/h3-11H,2,12H2,1H3,(H2,24,28,30)(H2,25,29,31);/q;+2/p-2. The maximum Gasteiger partial charge on any atom is 2.00 e. The summed E-state index contributed by atoms with van der Waals surface area (Å²) in [5.41, 5.74) is 1.64. The number of hydrogen-bond acceptors (Lipinski definition) is 7. The fourth-order valence-electron chi connectivity index (χ4n) is 2.17. The van der Waals surface area contributed by atoms with E-state index in [9.17, 15) is 13.2 Å². The monoisotopic (exact) mass is 528 g/mol. The van der Waals surface area contributed by atoms with Crippen LogP contribution in [0.4, 0.5) is 13.2 Å². The van der Waals surface area contributed by atoms with Gasteiger partial charge in [0, 0.05) is 30.1 Å². The molecule has 1 radical (unpaired) electrons. The van der Waals surface area contributed by atoms with Gasteiger partial charge in [-0.3, -0.25) is 4.98 Å². The van der Waals surface area contributed by atoms with E-state index in [-0.39, 0.29) is 33.7 Å². The van der Waals surface area contributed by atoms with Gasteiger partial charge in [-0.2, -0.15) is 23.4 Å². The Morgan fingerprint density at radius 3 is 1.97 bits per heavy atom. The first kappa shape index (κ1) is 27.4. The van der Waals surface area contributed by atoms with E-state index in [1.54, 1.807) is 54.9 Å². The molecule has 0 aliphatic heterocycles. The van der Waals surface area contributed by atoms with Crippen LogP contribution in [0.1, 0.15) is 18.1 Å². The van der Waals surface area contributed by atoms with Gasteiger partial charge in [0.25, 0.3) is 0 Å². The first-order valence-electron chi connectivity index (χ1n) is 8.96. The van der Waals surface area contributed by atoms with Crippen LogP contribution in [0.5, 0.6) is 0 Å². The number of alkyl halides is 3. The Bertz CT molecular complexity index is 966. The average Bonchev–Trinajstić information content (AvgIpc) is 2.75. The molecule has 0 fully saturated rings. The Balaban J connectivity index is 0.00000512. The van der Waals surface area contributed by atoms with E-state index in [0.29, 0.717) is 17.7 Å². The first-order chi connectivity index (χ1) is 14.8. The van der Waals surface area contributed by atoms with Crippen LogP contribution in [0.15, 0.2) is 75.3 Å². The normalized spacial score (nSPS) is 13.4. The number of amidine groups is 2. The fraction of sp³-hybridized carbons (Fsp3) is 0.211. The minimum atomic E-state index is -4.44. The molecule has 173 valence electrons. The van der Waals surface area contributed by atoms with Crippen LogP contribution in [-0.2, 0) is 42.3 Å². The maximum absolute atomic E-state index is 12.4. The summed E-state index contributed by atoms with van der Waals surface area (Å²) in [5.74, 6) is 0. The molecule has 1 aromatic carbocycles. The quantitative estimate of drug-likeness (QED) is 0.190. The molecular weight excluding hydrogens is 511 g/mol. The topological polar surface area (TPSA) is 86.4 Å². The van der Waals surface area contributed by atoms with Gasteiger partial charge in [-0.05, 0) is 29.4 Å². The molecule has 0 atom stereocenters. The van der Waals surface area contributed by atoms with Crippen molar-refractivity contribution in [2.75, 3.05) is 13.1 Å². The third-order valence-electron chi connectivity index (χ3n) is 3.46. The van der Waals surface area contributed by atoms with Crippen molar-refractivity contribution >= 4 is 47.0 Å². The molecule has 0 saturated heterocycles. The molecule has 13 heteroatoms. The molecule has 0 bridgehead atoms.